The van der Waals surface area contributed by atoms with Crippen molar-refractivity contribution in [3.8, 4) is 0 Å². The van der Waals surface area contributed by atoms with Crippen LogP contribution in [0.15, 0.2) is 23.1 Å². The molecule has 0 aliphatic heterocycles. The van der Waals surface area contributed by atoms with E-state index >= 15 is 0 Å². The predicted molar refractivity (Wildman–Crippen MR) is 98.8 cm³/mol. The Kier molecular flexibility index (Phi) is 4.27. The van der Waals surface area contributed by atoms with Crippen molar-refractivity contribution in [1.29, 1.82) is 0 Å². The molecule has 0 unspecified atom stereocenters. The van der Waals surface area contributed by atoms with Crippen LogP contribution < -0.4 is 10.0 Å². The fourth-order valence-corrected chi connectivity index (χ4v) is 6.47. The first-order chi connectivity index (χ1) is 11.5. The van der Waals surface area contributed by atoms with Crippen LogP contribution in [0.5, 0.6) is 0 Å². The van der Waals surface area contributed by atoms with Crippen molar-refractivity contribution in [2.24, 2.45) is 16.7 Å². The Balaban J connectivity index is 1.91. The Bertz CT molecular complexity index is 811. The third-order valence-corrected chi connectivity index (χ3v) is 7.79. The van der Waals surface area contributed by atoms with Gasteiger partial charge in [0.15, 0.2) is 0 Å². The summed E-state index contributed by atoms with van der Waals surface area (Å²) in [7, 11) is -3.65. The monoisotopic (exact) mass is 364 g/mol. The summed E-state index contributed by atoms with van der Waals surface area (Å²) in [5, 5.41) is 2.70. The van der Waals surface area contributed by atoms with Crippen LogP contribution in [0.1, 0.15) is 52.5 Å². The van der Waals surface area contributed by atoms with Crippen molar-refractivity contribution in [2.75, 3.05) is 5.32 Å². The van der Waals surface area contributed by atoms with Gasteiger partial charge in [-0.15, -0.1) is 0 Å². The number of sulfonamides is 1. The Morgan fingerprint density at radius 1 is 1.24 bits per heavy atom. The normalized spacial score (nSPS) is 30.4. The van der Waals surface area contributed by atoms with Gasteiger partial charge in [-0.1, -0.05) is 26.8 Å². The molecule has 138 valence electrons. The summed E-state index contributed by atoms with van der Waals surface area (Å²) in [6.45, 7) is 9.81. The SMILES string of the molecule is CC(=O)Nc1cc(S(=O)(=O)N[C@@H]2C(C)(C)[C@H]3CC[C@@]2(C)C3)ccc1C. The number of aryl methyl sites for hydroxylation is 1. The van der Waals surface area contributed by atoms with Gasteiger partial charge in [-0.2, -0.15) is 0 Å². The van der Waals surface area contributed by atoms with Crippen LogP contribution in [0.4, 0.5) is 5.69 Å². The molecule has 5 nitrogen and oxygen atoms in total. The van der Waals surface area contributed by atoms with E-state index in [4.69, 9.17) is 0 Å². The van der Waals surface area contributed by atoms with Crippen LogP contribution in [0.25, 0.3) is 0 Å². The second-order valence-electron chi connectivity index (χ2n) is 8.63. The number of rotatable bonds is 4. The standard InChI is InChI=1S/C19H28N2O3S/c1-12-6-7-15(10-16(12)20-13(2)22)25(23,24)21-17-18(3,4)14-8-9-19(17,5)11-14/h6-7,10,14,17,21H,8-9,11H2,1-5H3,(H,20,22)/t14-,17+,19-/m0/s1. The molecule has 0 aromatic heterocycles. The van der Waals surface area contributed by atoms with Crippen molar-refractivity contribution in [1.82, 2.24) is 4.72 Å². The van der Waals surface area contributed by atoms with E-state index in [9.17, 15) is 13.2 Å². The van der Waals surface area contributed by atoms with E-state index in [0.29, 0.717) is 11.6 Å². The molecule has 25 heavy (non-hydrogen) atoms. The fourth-order valence-electron chi connectivity index (χ4n) is 4.91. The first-order valence-electron chi connectivity index (χ1n) is 8.86. The van der Waals surface area contributed by atoms with Crippen LogP contribution >= 0.6 is 0 Å². The Morgan fingerprint density at radius 2 is 1.92 bits per heavy atom. The Morgan fingerprint density at radius 3 is 2.48 bits per heavy atom. The number of carbonyl (C=O) groups excluding carboxylic acids is 1. The lowest BCUT2D eigenvalue weighted by Crippen LogP contribution is -2.52. The highest BCUT2D eigenvalue weighted by Gasteiger charge is 2.60. The number of benzene rings is 1. The molecule has 0 radical (unpaired) electrons. The molecule has 0 saturated heterocycles. The summed E-state index contributed by atoms with van der Waals surface area (Å²) in [5.41, 5.74) is 1.34. The minimum Gasteiger partial charge on any atom is -0.326 e. The van der Waals surface area contributed by atoms with Gasteiger partial charge >= 0.3 is 0 Å². The van der Waals surface area contributed by atoms with E-state index < -0.39 is 10.0 Å². The second kappa shape index (κ2) is 5.81. The van der Waals surface area contributed by atoms with Crippen LogP contribution in [0.2, 0.25) is 0 Å². The first-order valence-corrected chi connectivity index (χ1v) is 10.3. The van der Waals surface area contributed by atoms with Crippen LogP contribution in [-0.2, 0) is 14.8 Å². The van der Waals surface area contributed by atoms with Gasteiger partial charge in [-0.05, 0) is 60.6 Å². The molecule has 3 atom stereocenters. The molecule has 2 saturated carbocycles. The average molecular weight is 365 g/mol. The predicted octanol–water partition coefficient (Wildman–Crippen LogP) is 3.45. The zero-order chi connectivity index (χ0) is 18.6. The molecule has 2 fully saturated rings. The van der Waals surface area contributed by atoms with Crippen molar-refractivity contribution >= 4 is 21.6 Å². The third kappa shape index (κ3) is 3.10. The maximum absolute atomic E-state index is 13.0. The molecular weight excluding hydrogens is 336 g/mol. The summed E-state index contributed by atoms with van der Waals surface area (Å²) >= 11 is 0. The quantitative estimate of drug-likeness (QED) is 0.859. The summed E-state index contributed by atoms with van der Waals surface area (Å²) in [6.07, 6.45) is 3.33. The Hall–Kier alpha value is -1.40. The zero-order valence-electron chi connectivity index (χ0n) is 15.6. The van der Waals surface area contributed by atoms with Gasteiger partial charge in [0, 0.05) is 18.7 Å². The van der Waals surface area contributed by atoms with Crippen molar-refractivity contribution < 1.29 is 13.2 Å². The summed E-state index contributed by atoms with van der Waals surface area (Å²) < 4.78 is 29.0. The average Bonchev–Trinajstić information content (AvgIpc) is 2.96. The van der Waals surface area contributed by atoms with E-state index in [2.05, 4.69) is 30.8 Å². The van der Waals surface area contributed by atoms with Gasteiger partial charge in [0.2, 0.25) is 15.9 Å². The minimum absolute atomic E-state index is 0.0202. The number of hydrogen-bond acceptors (Lipinski definition) is 3. The number of anilines is 1. The smallest absolute Gasteiger partial charge is 0.240 e. The van der Waals surface area contributed by atoms with Crippen molar-refractivity contribution in [3.63, 3.8) is 0 Å². The lowest BCUT2D eigenvalue weighted by atomic mass is 9.69. The Labute approximate surface area is 150 Å². The molecular formula is C19H28N2O3S. The largest absolute Gasteiger partial charge is 0.326 e. The van der Waals surface area contributed by atoms with Crippen molar-refractivity contribution in [3.05, 3.63) is 23.8 Å². The molecule has 1 amide bonds. The van der Waals surface area contributed by atoms with E-state index in [-0.39, 0.29) is 27.7 Å². The number of amides is 1. The van der Waals surface area contributed by atoms with E-state index in [1.54, 1.807) is 18.2 Å². The molecule has 2 aliphatic carbocycles. The van der Waals surface area contributed by atoms with Gasteiger partial charge in [0.25, 0.3) is 0 Å². The molecule has 2 N–H and O–H groups in total. The van der Waals surface area contributed by atoms with Crippen LogP contribution in [-0.4, -0.2) is 20.4 Å². The van der Waals surface area contributed by atoms with Gasteiger partial charge in [0.1, 0.15) is 0 Å². The van der Waals surface area contributed by atoms with Crippen LogP contribution in [0, 0.1) is 23.7 Å². The molecule has 2 aliphatic rings. The number of carbonyl (C=O) groups is 1. The highest BCUT2D eigenvalue weighted by atomic mass is 32.2. The summed E-state index contributed by atoms with van der Waals surface area (Å²) in [4.78, 5) is 11.5. The van der Waals surface area contributed by atoms with Gasteiger partial charge in [0.05, 0.1) is 4.90 Å². The first kappa shape index (κ1) is 18.4. The molecule has 1 aromatic rings. The molecule has 0 spiro atoms. The zero-order valence-corrected chi connectivity index (χ0v) is 16.5. The second-order valence-corrected chi connectivity index (χ2v) is 10.3. The van der Waals surface area contributed by atoms with E-state index in [1.165, 1.54) is 13.3 Å². The van der Waals surface area contributed by atoms with Gasteiger partial charge in [-0.25, -0.2) is 13.1 Å². The molecule has 1 aromatic carbocycles. The minimum atomic E-state index is -3.65. The topological polar surface area (TPSA) is 75.3 Å². The molecule has 0 heterocycles. The number of nitrogens with one attached hydrogen (secondary N) is 2. The van der Waals surface area contributed by atoms with Crippen molar-refractivity contribution in [2.45, 2.75) is 64.8 Å². The summed E-state index contributed by atoms with van der Waals surface area (Å²) in [5.74, 6) is 0.352. The van der Waals surface area contributed by atoms with Crippen LogP contribution in [0.3, 0.4) is 0 Å². The maximum Gasteiger partial charge on any atom is 0.240 e. The fraction of sp³-hybridized carbons (Fsp3) is 0.632. The van der Waals surface area contributed by atoms with E-state index in [1.807, 2.05) is 6.92 Å². The maximum atomic E-state index is 13.0. The molecule has 2 bridgehead atoms. The van der Waals surface area contributed by atoms with E-state index in [0.717, 1.165) is 18.4 Å². The molecule has 6 heteroatoms. The highest BCUT2D eigenvalue weighted by molar-refractivity contribution is 7.89. The lowest BCUT2D eigenvalue weighted by Gasteiger charge is -2.42. The lowest BCUT2D eigenvalue weighted by molar-refractivity contribution is -0.114. The number of fused-ring (bicyclic) bond motifs is 2. The van der Waals surface area contributed by atoms with Gasteiger partial charge < -0.3 is 5.32 Å². The third-order valence-electron chi connectivity index (χ3n) is 6.37. The van der Waals surface area contributed by atoms with Gasteiger partial charge in [-0.3, -0.25) is 4.79 Å². The molecule has 3 rings (SSSR count). The highest BCUT2D eigenvalue weighted by Crippen LogP contribution is 2.62. The number of hydrogen-bond donors (Lipinski definition) is 2. The summed E-state index contributed by atoms with van der Waals surface area (Å²) in [6, 6.07) is 4.80.